The van der Waals surface area contributed by atoms with E-state index in [4.69, 9.17) is 27.9 Å². The van der Waals surface area contributed by atoms with Crippen LogP contribution in [-0.2, 0) is 9.59 Å². The maximum absolute atomic E-state index is 12.9. The summed E-state index contributed by atoms with van der Waals surface area (Å²) in [7, 11) is 0. The van der Waals surface area contributed by atoms with E-state index in [1.54, 1.807) is 23.1 Å². The Morgan fingerprint density at radius 1 is 1.22 bits per heavy atom. The molecule has 1 aliphatic rings. The Bertz CT molecular complexity index is 914. The van der Waals surface area contributed by atoms with Crippen LogP contribution in [-0.4, -0.2) is 25.0 Å². The van der Waals surface area contributed by atoms with Crippen molar-refractivity contribution in [2.75, 3.05) is 18.1 Å². The van der Waals surface area contributed by atoms with Crippen LogP contribution in [0.2, 0.25) is 10.0 Å². The molecule has 0 radical (unpaired) electrons. The van der Waals surface area contributed by atoms with Gasteiger partial charge in [0, 0.05) is 17.5 Å². The molecule has 2 aromatic carbocycles. The number of nitrogens with zero attached hydrogens (tertiary/aromatic N) is 1. The van der Waals surface area contributed by atoms with Crippen molar-refractivity contribution in [3.05, 3.63) is 57.1 Å². The Balaban J connectivity index is 1.81. The predicted molar refractivity (Wildman–Crippen MR) is 107 cm³/mol. The first-order chi connectivity index (χ1) is 12.8. The fourth-order valence-corrected chi connectivity index (χ4v) is 3.85. The molecule has 7 heteroatoms. The summed E-state index contributed by atoms with van der Waals surface area (Å²) in [6.07, 6.45) is 0. The second kappa shape index (κ2) is 7.79. The third-order valence-electron chi connectivity index (χ3n) is 4.38. The van der Waals surface area contributed by atoms with Crippen molar-refractivity contribution in [3.63, 3.8) is 0 Å². The van der Waals surface area contributed by atoms with Crippen molar-refractivity contribution in [2.24, 2.45) is 0 Å². The van der Waals surface area contributed by atoms with E-state index in [0.717, 1.165) is 22.4 Å². The number of hydrogen-bond acceptors (Lipinski definition) is 3. The molecule has 0 saturated carbocycles. The summed E-state index contributed by atoms with van der Waals surface area (Å²) in [6, 6.07) is 8.28. The van der Waals surface area contributed by atoms with Gasteiger partial charge in [-0.15, -0.1) is 0 Å². The van der Waals surface area contributed by atoms with Crippen LogP contribution in [0.1, 0.15) is 29.7 Å². The van der Waals surface area contributed by atoms with Crippen molar-refractivity contribution in [3.8, 4) is 5.75 Å². The van der Waals surface area contributed by atoms with Gasteiger partial charge in [0.25, 0.3) is 5.91 Å². The normalized spacial score (nSPS) is 15.7. The number of nitrogens with one attached hydrogen (secondary N) is 1. The van der Waals surface area contributed by atoms with Gasteiger partial charge in [0.15, 0.2) is 0 Å². The van der Waals surface area contributed by atoms with Crippen LogP contribution >= 0.6 is 23.2 Å². The van der Waals surface area contributed by atoms with Crippen molar-refractivity contribution >= 4 is 40.7 Å². The second-order valence-electron chi connectivity index (χ2n) is 6.57. The molecule has 27 heavy (non-hydrogen) atoms. The number of carbonyl (C=O) groups excluding carboxylic acids is 2. The van der Waals surface area contributed by atoms with Gasteiger partial charge in [-0.2, -0.15) is 0 Å². The van der Waals surface area contributed by atoms with E-state index in [0.29, 0.717) is 22.3 Å². The number of carbonyl (C=O) groups is 2. The van der Waals surface area contributed by atoms with Crippen LogP contribution in [0, 0.1) is 13.8 Å². The fourth-order valence-electron chi connectivity index (χ4n) is 3.38. The SMILES string of the molecule is CC(=O)NC1C(=O)N(CCOc2ccc(Cl)cc2Cl)c2c(C)cc(C)cc21. The lowest BCUT2D eigenvalue weighted by Gasteiger charge is -2.20. The Kier molecular flexibility index (Phi) is 5.63. The number of hydrogen-bond donors (Lipinski definition) is 1. The monoisotopic (exact) mass is 406 g/mol. The summed E-state index contributed by atoms with van der Waals surface area (Å²) in [6.45, 7) is 5.93. The van der Waals surface area contributed by atoms with Crippen LogP contribution in [0.4, 0.5) is 5.69 Å². The first kappa shape index (κ1) is 19.5. The third kappa shape index (κ3) is 4.04. The highest BCUT2D eigenvalue weighted by Crippen LogP contribution is 2.39. The van der Waals surface area contributed by atoms with Gasteiger partial charge in [0.05, 0.1) is 17.3 Å². The fraction of sp³-hybridized carbons (Fsp3) is 0.300. The summed E-state index contributed by atoms with van der Waals surface area (Å²) in [4.78, 5) is 26.2. The topological polar surface area (TPSA) is 58.6 Å². The molecule has 3 rings (SSSR count). The molecular formula is C20H20Cl2N2O3. The number of ether oxygens (including phenoxy) is 1. The van der Waals surface area contributed by atoms with E-state index in [-0.39, 0.29) is 18.4 Å². The summed E-state index contributed by atoms with van der Waals surface area (Å²) in [5.74, 6) is 0.0937. The van der Waals surface area contributed by atoms with Crippen molar-refractivity contribution in [1.29, 1.82) is 0 Å². The molecule has 5 nitrogen and oxygen atoms in total. The lowest BCUT2D eigenvalue weighted by Crippen LogP contribution is -2.38. The number of rotatable bonds is 5. The van der Waals surface area contributed by atoms with E-state index in [1.807, 2.05) is 26.0 Å². The molecule has 0 bridgehead atoms. The average molecular weight is 407 g/mol. The number of halogens is 2. The third-order valence-corrected chi connectivity index (χ3v) is 4.91. The highest BCUT2D eigenvalue weighted by Gasteiger charge is 2.38. The molecule has 0 fully saturated rings. The van der Waals surface area contributed by atoms with E-state index in [1.165, 1.54) is 6.92 Å². The molecule has 1 atom stereocenters. The molecule has 0 aromatic heterocycles. The summed E-state index contributed by atoms with van der Waals surface area (Å²) in [5.41, 5.74) is 3.67. The van der Waals surface area contributed by atoms with E-state index < -0.39 is 6.04 Å². The van der Waals surface area contributed by atoms with Crippen molar-refractivity contribution in [1.82, 2.24) is 5.32 Å². The quantitative estimate of drug-likeness (QED) is 0.808. The van der Waals surface area contributed by atoms with E-state index >= 15 is 0 Å². The summed E-state index contributed by atoms with van der Waals surface area (Å²) >= 11 is 12.0. The van der Waals surface area contributed by atoms with Crippen LogP contribution in [0.15, 0.2) is 30.3 Å². The van der Waals surface area contributed by atoms with Gasteiger partial charge in [-0.1, -0.05) is 40.9 Å². The van der Waals surface area contributed by atoms with Crippen LogP contribution in [0.5, 0.6) is 5.75 Å². The minimum absolute atomic E-state index is 0.167. The second-order valence-corrected chi connectivity index (χ2v) is 7.41. The highest BCUT2D eigenvalue weighted by atomic mass is 35.5. The highest BCUT2D eigenvalue weighted by molar-refractivity contribution is 6.35. The standard InChI is InChI=1S/C20H20Cl2N2O3/c1-11-8-12(2)19-15(9-11)18(23-13(3)25)20(26)24(19)6-7-27-17-5-4-14(21)10-16(17)22/h4-5,8-10,18H,6-7H2,1-3H3,(H,23,25). The van der Waals surface area contributed by atoms with Crippen molar-refractivity contribution in [2.45, 2.75) is 26.8 Å². The Labute approximate surface area is 168 Å². The van der Waals surface area contributed by atoms with Crippen LogP contribution in [0.3, 0.4) is 0 Å². The summed E-state index contributed by atoms with van der Waals surface area (Å²) in [5, 5.41) is 3.69. The zero-order valence-corrected chi connectivity index (χ0v) is 16.8. The Hall–Kier alpha value is -2.24. The lowest BCUT2D eigenvalue weighted by atomic mass is 10.0. The molecule has 1 N–H and O–H groups in total. The van der Waals surface area contributed by atoms with E-state index in [2.05, 4.69) is 5.32 Å². The van der Waals surface area contributed by atoms with Gasteiger partial charge in [-0.05, 0) is 37.6 Å². The molecule has 1 aliphatic heterocycles. The molecule has 2 aromatic rings. The number of aryl methyl sites for hydroxylation is 2. The van der Waals surface area contributed by atoms with Gasteiger partial charge in [-0.25, -0.2) is 0 Å². The molecule has 0 aliphatic carbocycles. The van der Waals surface area contributed by atoms with Crippen LogP contribution < -0.4 is 15.0 Å². The van der Waals surface area contributed by atoms with Crippen molar-refractivity contribution < 1.29 is 14.3 Å². The largest absolute Gasteiger partial charge is 0.490 e. The first-order valence-corrected chi connectivity index (χ1v) is 9.31. The molecule has 142 valence electrons. The number of fused-ring (bicyclic) bond motifs is 1. The van der Waals surface area contributed by atoms with Gasteiger partial charge < -0.3 is 15.0 Å². The molecule has 0 saturated heterocycles. The Morgan fingerprint density at radius 3 is 2.63 bits per heavy atom. The molecular weight excluding hydrogens is 387 g/mol. The number of anilines is 1. The van der Waals surface area contributed by atoms with Crippen LogP contribution in [0.25, 0.3) is 0 Å². The maximum Gasteiger partial charge on any atom is 0.254 e. The van der Waals surface area contributed by atoms with Gasteiger partial charge >= 0.3 is 0 Å². The first-order valence-electron chi connectivity index (χ1n) is 8.55. The molecule has 2 amide bonds. The van der Waals surface area contributed by atoms with E-state index in [9.17, 15) is 9.59 Å². The smallest absolute Gasteiger partial charge is 0.254 e. The molecule has 0 spiro atoms. The summed E-state index contributed by atoms with van der Waals surface area (Å²) < 4.78 is 5.73. The lowest BCUT2D eigenvalue weighted by molar-refractivity contribution is -0.126. The minimum atomic E-state index is -0.671. The van der Waals surface area contributed by atoms with Gasteiger partial charge in [-0.3, -0.25) is 9.59 Å². The molecule has 1 heterocycles. The number of benzene rings is 2. The zero-order valence-electron chi connectivity index (χ0n) is 15.3. The molecule has 1 unspecified atom stereocenters. The minimum Gasteiger partial charge on any atom is -0.490 e. The Morgan fingerprint density at radius 2 is 1.96 bits per heavy atom. The zero-order chi connectivity index (χ0) is 19.7. The van der Waals surface area contributed by atoms with Gasteiger partial charge in [0.2, 0.25) is 5.91 Å². The predicted octanol–water partition coefficient (Wildman–Crippen LogP) is 4.21. The average Bonchev–Trinajstić information content (AvgIpc) is 2.82. The number of amides is 2. The van der Waals surface area contributed by atoms with Gasteiger partial charge in [0.1, 0.15) is 18.4 Å². The maximum atomic E-state index is 12.9.